The molecule has 0 radical (unpaired) electrons. The number of piperidine rings is 1. The molecule has 0 saturated carbocycles. The topological polar surface area (TPSA) is 50.2 Å². The van der Waals surface area contributed by atoms with Gasteiger partial charge in [0.25, 0.3) is 5.56 Å². The number of halogens is 2. The fraction of sp³-hybridized carbons (Fsp3) is 0.400. The highest BCUT2D eigenvalue weighted by atomic mass is 79.9. The Morgan fingerprint density at radius 2 is 2.04 bits per heavy atom. The van der Waals surface area contributed by atoms with Gasteiger partial charge in [-0.15, -0.1) is 11.3 Å². The highest BCUT2D eigenvalue weighted by Crippen LogP contribution is 2.22. The van der Waals surface area contributed by atoms with E-state index in [-0.39, 0.29) is 5.56 Å². The molecule has 148 valence electrons. The summed E-state index contributed by atoms with van der Waals surface area (Å²) in [5.41, 5.74) is 1.09. The Morgan fingerprint density at radius 3 is 2.79 bits per heavy atom. The van der Waals surface area contributed by atoms with Crippen LogP contribution in [0.3, 0.4) is 0 Å². The molecule has 4 heterocycles. The minimum atomic E-state index is -0.420. The van der Waals surface area contributed by atoms with Crippen LogP contribution in [0.2, 0.25) is 0 Å². The second-order valence-corrected chi connectivity index (χ2v) is 9.63. The number of fused-ring (bicyclic) bond motifs is 1. The first-order chi connectivity index (χ1) is 13.6. The van der Waals surface area contributed by atoms with Crippen LogP contribution in [0, 0.1) is 5.82 Å². The number of rotatable bonds is 6. The molecule has 3 aromatic heterocycles. The molecule has 0 atom stereocenters. The van der Waals surface area contributed by atoms with Crippen LogP contribution in [0.1, 0.15) is 17.7 Å². The summed E-state index contributed by atoms with van der Waals surface area (Å²) in [5, 5.41) is 3.64. The van der Waals surface area contributed by atoms with Gasteiger partial charge in [-0.05, 0) is 60.1 Å². The van der Waals surface area contributed by atoms with Gasteiger partial charge in [-0.3, -0.25) is 9.78 Å². The Kier molecular flexibility index (Phi) is 6.20. The summed E-state index contributed by atoms with van der Waals surface area (Å²) in [6.07, 6.45) is 3.37. The first kappa shape index (κ1) is 19.7. The molecule has 3 aromatic rings. The number of nitrogens with one attached hydrogen (secondary N) is 1. The molecule has 1 fully saturated rings. The van der Waals surface area contributed by atoms with Crippen LogP contribution in [-0.2, 0) is 13.1 Å². The SMILES string of the molecule is O=c1ccc2ncc(F)cc2n1CCN1CCC(NCc2ccc(Br)s2)CC1. The summed E-state index contributed by atoms with van der Waals surface area (Å²) in [6.45, 7) is 4.23. The molecule has 0 aromatic carbocycles. The average molecular weight is 465 g/mol. The number of pyridine rings is 2. The van der Waals surface area contributed by atoms with E-state index in [4.69, 9.17) is 0 Å². The first-order valence-electron chi connectivity index (χ1n) is 9.43. The maximum atomic E-state index is 13.6. The molecule has 0 aliphatic carbocycles. The van der Waals surface area contributed by atoms with Gasteiger partial charge >= 0.3 is 0 Å². The standard InChI is InChI=1S/C20H22BrFN4OS/c21-19-3-1-16(28-19)13-23-15-5-7-25(8-6-15)9-10-26-18-11-14(22)12-24-17(18)2-4-20(26)27/h1-4,11-12,15,23H,5-10,13H2. The van der Waals surface area contributed by atoms with Crippen LogP contribution in [-0.4, -0.2) is 40.1 Å². The van der Waals surface area contributed by atoms with Crippen molar-refractivity contribution in [3.05, 3.63) is 61.4 Å². The van der Waals surface area contributed by atoms with Crippen molar-refractivity contribution >= 4 is 38.3 Å². The number of likely N-dealkylation sites (tertiary alicyclic amines) is 1. The van der Waals surface area contributed by atoms with Crippen molar-refractivity contribution < 1.29 is 4.39 Å². The Labute approximate surface area is 175 Å². The minimum Gasteiger partial charge on any atom is -0.309 e. The van der Waals surface area contributed by atoms with Crippen LogP contribution < -0.4 is 10.9 Å². The molecule has 1 aliphatic rings. The van der Waals surface area contributed by atoms with E-state index in [1.54, 1.807) is 22.0 Å². The fourth-order valence-electron chi connectivity index (χ4n) is 3.67. The second kappa shape index (κ2) is 8.82. The zero-order valence-electron chi connectivity index (χ0n) is 15.4. The molecule has 1 aliphatic heterocycles. The van der Waals surface area contributed by atoms with Crippen molar-refractivity contribution in [1.82, 2.24) is 19.8 Å². The summed E-state index contributed by atoms with van der Waals surface area (Å²) in [7, 11) is 0. The van der Waals surface area contributed by atoms with Gasteiger partial charge in [0.1, 0.15) is 5.82 Å². The summed E-state index contributed by atoms with van der Waals surface area (Å²) in [4.78, 5) is 20.1. The van der Waals surface area contributed by atoms with E-state index >= 15 is 0 Å². The van der Waals surface area contributed by atoms with Crippen molar-refractivity contribution in [2.75, 3.05) is 19.6 Å². The first-order valence-corrected chi connectivity index (χ1v) is 11.0. The summed E-state index contributed by atoms with van der Waals surface area (Å²) < 4.78 is 16.4. The van der Waals surface area contributed by atoms with E-state index in [9.17, 15) is 9.18 Å². The lowest BCUT2D eigenvalue weighted by molar-refractivity contribution is 0.191. The van der Waals surface area contributed by atoms with Gasteiger partial charge in [-0.25, -0.2) is 4.39 Å². The van der Waals surface area contributed by atoms with Crippen molar-refractivity contribution in [1.29, 1.82) is 0 Å². The Morgan fingerprint density at radius 1 is 1.21 bits per heavy atom. The van der Waals surface area contributed by atoms with E-state index in [2.05, 4.69) is 43.3 Å². The van der Waals surface area contributed by atoms with Crippen LogP contribution in [0.5, 0.6) is 0 Å². The molecule has 28 heavy (non-hydrogen) atoms. The van der Waals surface area contributed by atoms with Crippen molar-refractivity contribution in [2.45, 2.75) is 32.0 Å². The van der Waals surface area contributed by atoms with Crippen LogP contribution in [0.15, 0.2) is 45.1 Å². The third-order valence-corrected chi connectivity index (χ3v) is 6.85. The molecule has 1 saturated heterocycles. The lowest BCUT2D eigenvalue weighted by atomic mass is 10.1. The second-order valence-electron chi connectivity index (χ2n) is 7.08. The summed E-state index contributed by atoms with van der Waals surface area (Å²) >= 11 is 5.27. The van der Waals surface area contributed by atoms with Crippen LogP contribution in [0.4, 0.5) is 4.39 Å². The predicted molar refractivity (Wildman–Crippen MR) is 114 cm³/mol. The summed E-state index contributed by atoms with van der Waals surface area (Å²) in [5.74, 6) is -0.420. The molecule has 4 rings (SSSR count). The monoisotopic (exact) mass is 464 g/mol. The largest absolute Gasteiger partial charge is 0.309 e. The Bertz CT molecular complexity index is 1010. The molecule has 0 amide bonds. The van der Waals surface area contributed by atoms with Gasteiger partial charge in [0, 0.05) is 42.7 Å². The quantitative estimate of drug-likeness (QED) is 0.605. The smallest absolute Gasteiger partial charge is 0.251 e. The lowest BCUT2D eigenvalue weighted by Crippen LogP contribution is -2.43. The number of nitrogens with zero attached hydrogens (tertiary/aromatic N) is 3. The molecular weight excluding hydrogens is 443 g/mol. The number of hydrogen-bond donors (Lipinski definition) is 1. The zero-order chi connectivity index (χ0) is 19.5. The van der Waals surface area contributed by atoms with E-state index in [1.165, 1.54) is 23.2 Å². The van der Waals surface area contributed by atoms with Gasteiger partial charge in [-0.1, -0.05) is 0 Å². The normalized spacial score (nSPS) is 16.1. The van der Waals surface area contributed by atoms with E-state index < -0.39 is 5.82 Å². The summed E-state index contributed by atoms with van der Waals surface area (Å²) in [6, 6.07) is 9.30. The number of thiophene rings is 1. The van der Waals surface area contributed by atoms with Crippen molar-refractivity contribution in [3.63, 3.8) is 0 Å². The van der Waals surface area contributed by atoms with E-state index in [0.29, 0.717) is 23.6 Å². The van der Waals surface area contributed by atoms with Gasteiger partial charge in [0.15, 0.2) is 0 Å². The molecule has 1 N–H and O–H groups in total. The minimum absolute atomic E-state index is 0.112. The third kappa shape index (κ3) is 4.68. The average Bonchev–Trinajstić information content (AvgIpc) is 3.12. The van der Waals surface area contributed by atoms with E-state index in [0.717, 1.165) is 42.8 Å². The molecule has 5 nitrogen and oxygen atoms in total. The zero-order valence-corrected chi connectivity index (χ0v) is 17.8. The molecular formula is C20H22BrFN4OS. The predicted octanol–water partition coefficient (Wildman–Crippen LogP) is 3.61. The molecule has 0 bridgehead atoms. The molecule has 0 spiro atoms. The van der Waals surface area contributed by atoms with Gasteiger partial charge in [0.05, 0.1) is 21.0 Å². The Hall–Kier alpha value is -1.61. The van der Waals surface area contributed by atoms with Crippen molar-refractivity contribution in [3.8, 4) is 0 Å². The van der Waals surface area contributed by atoms with Crippen molar-refractivity contribution in [2.24, 2.45) is 0 Å². The maximum Gasteiger partial charge on any atom is 0.251 e. The third-order valence-electron chi connectivity index (χ3n) is 5.23. The van der Waals surface area contributed by atoms with Gasteiger partial charge < -0.3 is 14.8 Å². The van der Waals surface area contributed by atoms with E-state index in [1.807, 2.05) is 0 Å². The molecule has 0 unspecified atom stereocenters. The van der Waals surface area contributed by atoms with Gasteiger partial charge in [-0.2, -0.15) is 0 Å². The van der Waals surface area contributed by atoms with Crippen LogP contribution in [0.25, 0.3) is 11.0 Å². The highest BCUT2D eigenvalue weighted by Gasteiger charge is 2.19. The maximum absolute atomic E-state index is 13.6. The number of hydrogen-bond acceptors (Lipinski definition) is 5. The molecule has 8 heteroatoms. The van der Waals surface area contributed by atoms with Gasteiger partial charge in [0.2, 0.25) is 0 Å². The fourth-order valence-corrected chi connectivity index (χ4v) is 5.10. The highest BCUT2D eigenvalue weighted by molar-refractivity contribution is 9.11. The lowest BCUT2D eigenvalue weighted by Gasteiger charge is -2.32. The van der Waals surface area contributed by atoms with Crippen LogP contribution >= 0.6 is 27.3 Å². The number of aromatic nitrogens is 2. The Balaban J connectivity index is 1.31.